The van der Waals surface area contributed by atoms with Crippen molar-refractivity contribution < 1.29 is 28.5 Å². The standard InChI is InChI=1S/C9H9F2NO4/c1-16-8-4(2-6(14)15)5(13)3-12-7(8)9(10)11/h3,9,13H,2H2,1H3,(H,14,15). The molecule has 88 valence electrons. The Morgan fingerprint density at radius 2 is 2.25 bits per heavy atom. The van der Waals surface area contributed by atoms with Crippen molar-refractivity contribution >= 4 is 5.97 Å². The van der Waals surface area contributed by atoms with Crippen LogP contribution in [0.1, 0.15) is 17.7 Å². The molecule has 0 saturated heterocycles. The maximum atomic E-state index is 12.5. The zero-order valence-corrected chi connectivity index (χ0v) is 8.28. The molecule has 0 bridgehead atoms. The first kappa shape index (κ1) is 12.2. The van der Waals surface area contributed by atoms with Gasteiger partial charge in [-0.25, -0.2) is 13.8 Å². The van der Waals surface area contributed by atoms with Gasteiger partial charge in [-0.2, -0.15) is 0 Å². The van der Waals surface area contributed by atoms with Crippen molar-refractivity contribution in [3.63, 3.8) is 0 Å². The van der Waals surface area contributed by atoms with Crippen LogP contribution in [-0.4, -0.2) is 28.3 Å². The van der Waals surface area contributed by atoms with Gasteiger partial charge in [0.25, 0.3) is 6.43 Å². The minimum atomic E-state index is -2.90. The minimum absolute atomic E-state index is 0.208. The minimum Gasteiger partial charge on any atom is -0.506 e. The van der Waals surface area contributed by atoms with Gasteiger partial charge in [-0.1, -0.05) is 0 Å². The maximum absolute atomic E-state index is 12.5. The van der Waals surface area contributed by atoms with Gasteiger partial charge in [0.2, 0.25) is 0 Å². The van der Waals surface area contributed by atoms with Crippen molar-refractivity contribution in [1.29, 1.82) is 0 Å². The summed E-state index contributed by atoms with van der Waals surface area (Å²) in [6.45, 7) is 0. The van der Waals surface area contributed by atoms with Gasteiger partial charge in [0.15, 0.2) is 5.75 Å². The van der Waals surface area contributed by atoms with E-state index in [1.54, 1.807) is 0 Å². The van der Waals surface area contributed by atoms with E-state index in [0.29, 0.717) is 0 Å². The number of carboxylic acids is 1. The second kappa shape index (κ2) is 4.73. The molecule has 16 heavy (non-hydrogen) atoms. The van der Waals surface area contributed by atoms with E-state index in [4.69, 9.17) is 5.11 Å². The van der Waals surface area contributed by atoms with Gasteiger partial charge < -0.3 is 14.9 Å². The molecule has 0 radical (unpaired) electrons. The van der Waals surface area contributed by atoms with Crippen molar-refractivity contribution in [3.8, 4) is 11.5 Å². The van der Waals surface area contributed by atoms with Crippen LogP contribution in [0.3, 0.4) is 0 Å². The number of carbonyl (C=O) groups is 1. The molecule has 0 unspecified atom stereocenters. The number of alkyl halides is 2. The normalized spacial score (nSPS) is 10.5. The number of pyridine rings is 1. The van der Waals surface area contributed by atoms with Crippen molar-refractivity contribution in [2.75, 3.05) is 7.11 Å². The SMILES string of the molecule is COc1c(C(F)F)ncc(O)c1CC(=O)O. The zero-order valence-electron chi connectivity index (χ0n) is 8.28. The Labute approximate surface area is 89.3 Å². The van der Waals surface area contributed by atoms with E-state index in [9.17, 15) is 18.7 Å². The van der Waals surface area contributed by atoms with E-state index in [1.807, 2.05) is 0 Å². The Morgan fingerprint density at radius 3 is 2.69 bits per heavy atom. The second-order valence-corrected chi connectivity index (χ2v) is 2.91. The van der Waals surface area contributed by atoms with Crippen LogP contribution in [0.25, 0.3) is 0 Å². The number of methoxy groups -OCH3 is 1. The first-order valence-corrected chi connectivity index (χ1v) is 4.22. The molecule has 2 N–H and O–H groups in total. The molecule has 0 spiro atoms. The number of halogens is 2. The quantitative estimate of drug-likeness (QED) is 0.820. The highest BCUT2D eigenvalue weighted by Crippen LogP contribution is 2.35. The molecule has 1 aromatic heterocycles. The number of rotatable bonds is 4. The molecule has 0 fully saturated rings. The number of carboxylic acid groups (broad SMARTS) is 1. The maximum Gasteiger partial charge on any atom is 0.308 e. The molecule has 0 amide bonds. The lowest BCUT2D eigenvalue weighted by Crippen LogP contribution is -2.06. The van der Waals surface area contributed by atoms with Crippen LogP contribution in [0.4, 0.5) is 8.78 Å². The Morgan fingerprint density at radius 1 is 1.62 bits per heavy atom. The summed E-state index contributed by atoms with van der Waals surface area (Å²) in [6.07, 6.45) is -2.73. The molecule has 1 aromatic rings. The predicted octanol–water partition coefficient (Wildman–Crippen LogP) is 1.36. The highest BCUT2D eigenvalue weighted by Gasteiger charge is 2.23. The Hall–Kier alpha value is -1.92. The smallest absolute Gasteiger partial charge is 0.308 e. The lowest BCUT2D eigenvalue weighted by atomic mass is 10.1. The molecule has 0 aliphatic rings. The summed E-state index contributed by atoms with van der Waals surface area (Å²) in [4.78, 5) is 13.8. The molecule has 1 heterocycles. The van der Waals surface area contributed by atoms with E-state index in [2.05, 4.69) is 9.72 Å². The van der Waals surface area contributed by atoms with E-state index in [-0.39, 0.29) is 5.56 Å². The summed E-state index contributed by atoms with van der Waals surface area (Å²) < 4.78 is 29.6. The van der Waals surface area contributed by atoms with Crippen LogP contribution < -0.4 is 4.74 Å². The third-order valence-corrected chi connectivity index (χ3v) is 1.88. The van der Waals surface area contributed by atoms with Crippen LogP contribution in [0, 0.1) is 0 Å². The fourth-order valence-electron chi connectivity index (χ4n) is 1.24. The Kier molecular flexibility index (Phi) is 3.60. The molecule has 0 aliphatic carbocycles. The number of aromatic hydroxyl groups is 1. The number of aromatic nitrogens is 1. The largest absolute Gasteiger partial charge is 0.506 e. The molecule has 7 heteroatoms. The first-order chi connectivity index (χ1) is 7.47. The molecular weight excluding hydrogens is 224 g/mol. The molecule has 0 aliphatic heterocycles. The molecule has 5 nitrogen and oxygen atoms in total. The Bertz CT molecular complexity index is 409. The van der Waals surface area contributed by atoms with Gasteiger partial charge >= 0.3 is 5.97 Å². The highest BCUT2D eigenvalue weighted by atomic mass is 19.3. The van der Waals surface area contributed by atoms with Crippen LogP contribution in [0.2, 0.25) is 0 Å². The molecule has 0 aromatic carbocycles. The Balaban J connectivity index is 3.32. The lowest BCUT2D eigenvalue weighted by molar-refractivity contribution is -0.136. The van der Waals surface area contributed by atoms with Crippen molar-refractivity contribution in [1.82, 2.24) is 4.98 Å². The van der Waals surface area contributed by atoms with Crippen molar-refractivity contribution in [2.24, 2.45) is 0 Å². The third-order valence-electron chi connectivity index (χ3n) is 1.88. The number of aliphatic carboxylic acids is 1. The summed E-state index contributed by atoms with van der Waals surface area (Å²) in [5.74, 6) is -2.14. The summed E-state index contributed by atoms with van der Waals surface area (Å²) in [6, 6.07) is 0. The van der Waals surface area contributed by atoms with Gasteiger partial charge in [0.05, 0.1) is 25.3 Å². The van der Waals surface area contributed by atoms with Gasteiger partial charge in [-0.05, 0) is 0 Å². The van der Waals surface area contributed by atoms with Crippen molar-refractivity contribution in [3.05, 3.63) is 17.5 Å². The number of hydrogen-bond acceptors (Lipinski definition) is 4. The zero-order chi connectivity index (χ0) is 12.3. The third kappa shape index (κ3) is 2.36. The van der Waals surface area contributed by atoms with Crippen LogP contribution in [-0.2, 0) is 11.2 Å². The van der Waals surface area contributed by atoms with Gasteiger partial charge in [0, 0.05) is 0 Å². The molecule has 0 saturated carbocycles. The van der Waals surface area contributed by atoms with Crippen LogP contribution in [0.5, 0.6) is 11.5 Å². The predicted molar refractivity (Wildman–Crippen MR) is 48.8 cm³/mol. The topological polar surface area (TPSA) is 79.7 Å². The molecule has 1 rings (SSSR count). The monoisotopic (exact) mass is 233 g/mol. The lowest BCUT2D eigenvalue weighted by Gasteiger charge is -2.12. The number of ether oxygens (including phenoxy) is 1. The van der Waals surface area contributed by atoms with E-state index < -0.39 is 36.0 Å². The van der Waals surface area contributed by atoms with Gasteiger partial charge in [-0.3, -0.25) is 4.79 Å². The van der Waals surface area contributed by atoms with Gasteiger partial charge in [-0.15, -0.1) is 0 Å². The average Bonchev–Trinajstić information content (AvgIpc) is 2.19. The van der Waals surface area contributed by atoms with Crippen molar-refractivity contribution in [2.45, 2.75) is 12.8 Å². The second-order valence-electron chi connectivity index (χ2n) is 2.91. The highest BCUT2D eigenvalue weighted by molar-refractivity contribution is 5.73. The van der Waals surface area contributed by atoms with Crippen LogP contribution >= 0.6 is 0 Å². The summed E-state index contributed by atoms with van der Waals surface area (Å²) in [7, 11) is 1.10. The average molecular weight is 233 g/mol. The molecule has 0 atom stereocenters. The first-order valence-electron chi connectivity index (χ1n) is 4.22. The number of nitrogens with zero attached hydrogens (tertiary/aromatic N) is 1. The fourth-order valence-corrected chi connectivity index (χ4v) is 1.24. The number of hydrogen-bond donors (Lipinski definition) is 2. The van der Waals surface area contributed by atoms with E-state index >= 15 is 0 Å². The fraction of sp³-hybridized carbons (Fsp3) is 0.333. The van der Waals surface area contributed by atoms with E-state index in [1.165, 1.54) is 0 Å². The summed E-state index contributed by atoms with van der Waals surface area (Å²) >= 11 is 0. The summed E-state index contributed by atoms with van der Waals surface area (Å²) in [5, 5.41) is 17.9. The molecular formula is C9H9F2NO4. The summed E-state index contributed by atoms with van der Waals surface area (Å²) in [5.41, 5.74) is -0.892. The van der Waals surface area contributed by atoms with Crippen LogP contribution in [0.15, 0.2) is 6.20 Å². The van der Waals surface area contributed by atoms with Gasteiger partial charge in [0.1, 0.15) is 11.4 Å². The van der Waals surface area contributed by atoms with E-state index in [0.717, 1.165) is 13.3 Å².